The number of benzene rings is 1. The van der Waals surface area contributed by atoms with Crippen LogP contribution in [0.4, 0.5) is 11.6 Å². The summed E-state index contributed by atoms with van der Waals surface area (Å²) in [6, 6.07) is 8.34. The lowest BCUT2D eigenvalue weighted by Gasteiger charge is -2.38. The van der Waals surface area contributed by atoms with Crippen LogP contribution < -0.4 is 15.6 Å². The molecule has 1 atom stereocenters. The molecule has 0 spiro atoms. The van der Waals surface area contributed by atoms with Crippen molar-refractivity contribution in [3.05, 3.63) is 59.0 Å². The number of nitrogens with zero attached hydrogens (tertiary/aromatic N) is 9. The van der Waals surface area contributed by atoms with Gasteiger partial charge in [0.05, 0.1) is 37.6 Å². The molecule has 2 fully saturated rings. The molecule has 1 saturated heterocycles. The van der Waals surface area contributed by atoms with E-state index in [1.807, 2.05) is 23.9 Å². The number of morpholine rings is 1. The predicted octanol–water partition coefficient (Wildman–Crippen LogP) is 2.52. The van der Waals surface area contributed by atoms with Crippen LogP contribution in [0.1, 0.15) is 44.2 Å². The molecule has 14 heteroatoms. The number of aromatic nitrogens is 8. The highest BCUT2D eigenvalue weighted by molar-refractivity contribution is 5.66. The molecule has 1 unspecified atom stereocenters. The van der Waals surface area contributed by atoms with Gasteiger partial charge in [-0.05, 0) is 60.7 Å². The minimum atomic E-state index is -0.274. The van der Waals surface area contributed by atoms with Gasteiger partial charge in [-0.1, -0.05) is 6.07 Å². The Balaban J connectivity index is 1.09. The van der Waals surface area contributed by atoms with Crippen LogP contribution in [-0.2, 0) is 11.3 Å². The van der Waals surface area contributed by atoms with Crippen molar-refractivity contribution in [2.45, 2.75) is 57.3 Å². The molecular weight excluding hydrogens is 538 g/mol. The number of nitriles is 1. The third-order valence-corrected chi connectivity index (χ3v) is 7.86. The first-order chi connectivity index (χ1) is 20.6. The van der Waals surface area contributed by atoms with Crippen LogP contribution in [0.3, 0.4) is 0 Å². The van der Waals surface area contributed by atoms with E-state index in [1.165, 1.54) is 6.33 Å². The summed E-state index contributed by atoms with van der Waals surface area (Å²) in [6.07, 6.45) is 10.6. The van der Waals surface area contributed by atoms with Crippen molar-refractivity contribution in [2.24, 2.45) is 0 Å². The van der Waals surface area contributed by atoms with Crippen molar-refractivity contribution in [3.8, 4) is 22.9 Å². The second-order valence-electron chi connectivity index (χ2n) is 10.7. The minimum Gasteiger partial charge on any atom is -0.487 e. The topological polar surface area (TPSA) is 165 Å². The molecule has 218 valence electrons. The Labute approximate surface area is 242 Å². The first-order valence-electron chi connectivity index (χ1n) is 14.2. The number of tetrazole rings is 1. The van der Waals surface area contributed by atoms with Crippen molar-refractivity contribution >= 4 is 11.6 Å². The van der Waals surface area contributed by atoms with Crippen LogP contribution in [0.15, 0.2) is 47.9 Å². The number of hydrogen-bond acceptors (Lipinski definition) is 11. The van der Waals surface area contributed by atoms with E-state index in [1.54, 1.807) is 29.2 Å². The second kappa shape index (κ2) is 12.5. The predicted molar refractivity (Wildman–Crippen MR) is 152 cm³/mol. The van der Waals surface area contributed by atoms with Gasteiger partial charge in [0.15, 0.2) is 0 Å². The summed E-state index contributed by atoms with van der Waals surface area (Å²) in [5.41, 5.74) is 2.15. The third kappa shape index (κ3) is 6.32. The Morgan fingerprint density at radius 3 is 2.62 bits per heavy atom. The summed E-state index contributed by atoms with van der Waals surface area (Å²) in [6.45, 7) is 5.95. The smallest absolute Gasteiger partial charge is 0.287 e. The lowest BCUT2D eigenvalue weighted by Crippen LogP contribution is -2.45. The third-order valence-electron chi connectivity index (χ3n) is 7.86. The summed E-state index contributed by atoms with van der Waals surface area (Å²) in [5, 5.41) is 26.7. The highest BCUT2D eigenvalue weighted by atomic mass is 16.5. The van der Waals surface area contributed by atoms with Gasteiger partial charge in [-0.25, -0.2) is 14.6 Å². The van der Waals surface area contributed by atoms with Crippen LogP contribution in [0, 0.1) is 11.3 Å². The molecule has 4 aromatic rings. The maximum Gasteiger partial charge on any atom is 0.287 e. The van der Waals surface area contributed by atoms with Crippen molar-refractivity contribution in [1.29, 1.82) is 5.26 Å². The lowest BCUT2D eigenvalue weighted by molar-refractivity contribution is 0.00505. The molecule has 6 rings (SSSR count). The van der Waals surface area contributed by atoms with Gasteiger partial charge < -0.3 is 14.8 Å². The number of rotatable bonds is 9. The number of aromatic amines is 1. The zero-order valence-corrected chi connectivity index (χ0v) is 23.4. The second-order valence-corrected chi connectivity index (χ2v) is 10.7. The zero-order valence-electron chi connectivity index (χ0n) is 23.4. The zero-order chi connectivity index (χ0) is 28.9. The maximum atomic E-state index is 12.7. The fourth-order valence-electron chi connectivity index (χ4n) is 5.67. The normalized spacial score (nSPS) is 20.1. The average Bonchev–Trinajstić information content (AvgIpc) is 3.67. The summed E-state index contributed by atoms with van der Waals surface area (Å²) in [7, 11) is 0. The molecular formula is C28H33N11O3. The van der Waals surface area contributed by atoms with Gasteiger partial charge in [-0.2, -0.15) is 5.26 Å². The van der Waals surface area contributed by atoms with E-state index in [4.69, 9.17) is 9.47 Å². The molecule has 2 N–H and O–H groups in total. The highest BCUT2D eigenvalue weighted by Gasteiger charge is 2.28. The van der Waals surface area contributed by atoms with Gasteiger partial charge in [0.2, 0.25) is 5.95 Å². The Morgan fingerprint density at radius 1 is 1.14 bits per heavy atom. The minimum absolute atomic E-state index is 0.206. The van der Waals surface area contributed by atoms with Crippen molar-refractivity contribution in [2.75, 3.05) is 31.6 Å². The number of ether oxygens (including phenoxy) is 2. The molecule has 14 nitrogen and oxygen atoms in total. The Kier molecular flexibility index (Phi) is 8.20. The lowest BCUT2D eigenvalue weighted by atomic mass is 9.90. The van der Waals surface area contributed by atoms with E-state index in [9.17, 15) is 10.1 Å². The molecule has 1 aliphatic carbocycles. The van der Waals surface area contributed by atoms with Crippen molar-refractivity contribution in [3.63, 3.8) is 0 Å². The van der Waals surface area contributed by atoms with E-state index >= 15 is 0 Å². The van der Waals surface area contributed by atoms with Crippen molar-refractivity contribution in [1.82, 2.24) is 44.9 Å². The van der Waals surface area contributed by atoms with E-state index in [0.717, 1.165) is 63.1 Å². The molecule has 42 heavy (non-hydrogen) atoms. The van der Waals surface area contributed by atoms with E-state index in [0.29, 0.717) is 35.5 Å². The summed E-state index contributed by atoms with van der Waals surface area (Å²) < 4.78 is 15.0. The van der Waals surface area contributed by atoms with Crippen LogP contribution in [0.5, 0.6) is 5.75 Å². The van der Waals surface area contributed by atoms with E-state index in [-0.39, 0.29) is 17.7 Å². The standard InChI is InChI=1S/C28H33N11O3/c1-19(16-38-18-32-35-36-38)42-26-12-20(2-3-21(26)13-29)22-14-30-28(31-15-22)33-25-17-39(34-27(25)40)24-6-4-23(5-7-24)37-8-10-41-11-9-37/h2-3,12,14-15,17-19,23-24H,4-11,16H2,1H3,(H,34,40)(H,30,31,33). The van der Waals surface area contributed by atoms with Gasteiger partial charge >= 0.3 is 0 Å². The molecule has 2 aliphatic rings. The van der Waals surface area contributed by atoms with Gasteiger partial charge in [0, 0.05) is 37.1 Å². The summed E-state index contributed by atoms with van der Waals surface area (Å²) in [4.78, 5) is 24.1. The summed E-state index contributed by atoms with van der Waals surface area (Å²) >= 11 is 0. The fourth-order valence-corrected chi connectivity index (χ4v) is 5.67. The molecule has 0 amide bonds. The monoisotopic (exact) mass is 571 g/mol. The molecule has 1 saturated carbocycles. The SMILES string of the molecule is CC(Cn1cnnn1)Oc1cc(-c2cnc(Nc3cn(C4CCC(N5CCOCC5)CC4)[nH]c3=O)nc2)ccc1C#N. The highest BCUT2D eigenvalue weighted by Crippen LogP contribution is 2.32. The van der Waals surface area contributed by atoms with Gasteiger partial charge in [-0.3, -0.25) is 19.5 Å². The molecule has 4 heterocycles. The molecule has 0 bridgehead atoms. The number of hydrogen-bond donors (Lipinski definition) is 2. The van der Waals surface area contributed by atoms with Gasteiger partial charge in [0.25, 0.3) is 5.56 Å². The van der Waals surface area contributed by atoms with E-state index < -0.39 is 0 Å². The van der Waals surface area contributed by atoms with Crippen LogP contribution in [0.25, 0.3) is 11.1 Å². The average molecular weight is 572 g/mol. The number of nitrogens with one attached hydrogen (secondary N) is 2. The van der Waals surface area contributed by atoms with Crippen LogP contribution in [0.2, 0.25) is 0 Å². The Hall–Kier alpha value is -4.61. The molecule has 1 aromatic carbocycles. The first-order valence-corrected chi connectivity index (χ1v) is 14.2. The first kappa shape index (κ1) is 27.6. The molecule has 3 aromatic heterocycles. The van der Waals surface area contributed by atoms with Gasteiger partial charge in [-0.15, -0.1) is 5.10 Å². The molecule has 1 aliphatic heterocycles. The van der Waals surface area contributed by atoms with Gasteiger partial charge in [0.1, 0.15) is 29.9 Å². The Bertz CT molecular complexity index is 1560. The number of H-pyrrole nitrogens is 1. The van der Waals surface area contributed by atoms with Crippen LogP contribution in [-0.4, -0.2) is 83.3 Å². The molecule has 0 radical (unpaired) electrons. The maximum absolute atomic E-state index is 12.7. The summed E-state index contributed by atoms with van der Waals surface area (Å²) in [5.74, 6) is 0.767. The van der Waals surface area contributed by atoms with Crippen LogP contribution >= 0.6 is 0 Å². The van der Waals surface area contributed by atoms with E-state index in [2.05, 4.69) is 46.9 Å². The largest absolute Gasteiger partial charge is 0.487 e. The fraction of sp³-hybridized carbons (Fsp3) is 0.464. The number of anilines is 2. The quantitative estimate of drug-likeness (QED) is 0.303. The Morgan fingerprint density at radius 2 is 1.90 bits per heavy atom. The van der Waals surface area contributed by atoms with Crippen molar-refractivity contribution < 1.29 is 9.47 Å².